The molecule has 0 bridgehead atoms. The zero-order chi connectivity index (χ0) is 18.1. The highest BCUT2D eigenvalue weighted by Crippen LogP contribution is 2.19. The quantitative estimate of drug-likeness (QED) is 0.677. The van der Waals surface area contributed by atoms with Crippen LogP contribution in [-0.4, -0.2) is 41.8 Å². The second-order valence-electron chi connectivity index (χ2n) is 7.31. The van der Waals surface area contributed by atoms with Crippen LogP contribution in [0.3, 0.4) is 0 Å². The highest BCUT2D eigenvalue weighted by molar-refractivity contribution is 5.73. The zero-order valence-corrected chi connectivity index (χ0v) is 15.6. The Balaban J connectivity index is 1.71. The fraction of sp³-hybridized carbons (Fsp3) is 0.650. The van der Waals surface area contributed by atoms with Gasteiger partial charge in [0.25, 0.3) is 0 Å². The first-order valence-electron chi connectivity index (χ1n) is 9.53. The molecule has 1 aromatic rings. The number of aliphatic hydroxyl groups is 1. The third kappa shape index (κ3) is 7.04. The number of aliphatic hydroxyl groups excluding tert-OH is 1. The van der Waals surface area contributed by atoms with Crippen LogP contribution in [0, 0.1) is 5.92 Å². The van der Waals surface area contributed by atoms with Crippen LogP contribution < -0.4 is 10.6 Å². The van der Waals surface area contributed by atoms with Crippen molar-refractivity contribution >= 4 is 6.03 Å². The van der Waals surface area contributed by atoms with Gasteiger partial charge in [0.15, 0.2) is 0 Å². The topological polar surface area (TPSA) is 64.6 Å². The maximum absolute atomic E-state index is 11.8. The molecule has 0 aliphatic carbocycles. The number of urea groups is 1. The lowest BCUT2D eigenvalue weighted by Gasteiger charge is -2.33. The molecule has 1 fully saturated rings. The lowest BCUT2D eigenvalue weighted by molar-refractivity contribution is 0.152. The van der Waals surface area contributed by atoms with Gasteiger partial charge in [-0.25, -0.2) is 4.79 Å². The van der Waals surface area contributed by atoms with E-state index < -0.39 is 0 Å². The van der Waals surface area contributed by atoms with Crippen LogP contribution in [0.15, 0.2) is 24.3 Å². The first-order chi connectivity index (χ1) is 12.1. The van der Waals surface area contributed by atoms with E-state index in [0.29, 0.717) is 25.6 Å². The summed E-state index contributed by atoms with van der Waals surface area (Å²) in [7, 11) is 0. The summed E-state index contributed by atoms with van der Waals surface area (Å²) < 4.78 is 0. The van der Waals surface area contributed by atoms with Gasteiger partial charge in [0.2, 0.25) is 0 Å². The average Bonchev–Trinajstić information content (AvgIpc) is 2.61. The minimum Gasteiger partial charge on any atom is -0.396 e. The molecule has 1 heterocycles. The molecular weight excluding hydrogens is 314 g/mol. The highest BCUT2D eigenvalue weighted by Gasteiger charge is 2.17. The van der Waals surface area contributed by atoms with Crippen LogP contribution in [0.5, 0.6) is 0 Å². The van der Waals surface area contributed by atoms with E-state index in [-0.39, 0.29) is 18.6 Å². The maximum Gasteiger partial charge on any atom is 0.315 e. The summed E-state index contributed by atoms with van der Waals surface area (Å²) in [5, 5.41) is 14.6. The third-order valence-electron chi connectivity index (χ3n) is 5.04. The minimum absolute atomic E-state index is 0.156. The maximum atomic E-state index is 11.8. The Bertz CT molecular complexity index is 518. The highest BCUT2D eigenvalue weighted by atomic mass is 16.3. The van der Waals surface area contributed by atoms with Crippen LogP contribution in [0.25, 0.3) is 0 Å². The van der Waals surface area contributed by atoms with Crippen LogP contribution in [-0.2, 0) is 13.1 Å². The SMILES string of the molecule is CC(CCO)CNC(=O)NCc1ccc(CN2CCCCC2C)cc1. The number of likely N-dealkylation sites (tertiary alicyclic amines) is 1. The van der Waals surface area contributed by atoms with Crippen molar-refractivity contribution in [2.45, 2.75) is 58.7 Å². The van der Waals surface area contributed by atoms with Gasteiger partial charge in [-0.15, -0.1) is 0 Å². The first kappa shape index (κ1) is 19.7. The standard InChI is InChI=1S/C20H33N3O2/c1-16(10-12-24)13-21-20(25)22-14-18-6-8-19(9-7-18)15-23-11-4-3-5-17(23)2/h6-9,16-17,24H,3-5,10-15H2,1-2H3,(H2,21,22,25). The van der Waals surface area contributed by atoms with Crippen molar-refractivity contribution in [3.63, 3.8) is 0 Å². The molecule has 0 aromatic heterocycles. The molecule has 2 amide bonds. The van der Waals surface area contributed by atoms with Crippen LogP contribution in [0.4, 0.5) is 4.79 Å². The molecule has 3 N–H and O–H groups in total. The minimum atomic E-state index is -0.156. The summed E-state index contributed by atoms with van der Waals surface area (Å²) in [5.41, 5.74) is 2.44. The number of carbonyl (C=O) groups is 1. The molecule has 1 aromatic carbocycles. The van der Waals surface area contributed by atoms with E-state index in [1.165, 1.54) is 31.4 Å². The second-order valence-corrected chi connectivity index (χ2v) is 7.31. The number of rotatable bonds is 8. The number of amides is 2. The van der Waals surface area contributed by atoms with Crippen molar-refractivity contribution in [2.24, 2.45) is 5.92 Å². The predicted molar refractivity (Wildman–Crippen MR) is 101 cm³/mol. The van der Waals surface area contributed by atoms with Crippen molar-refractivity contribution in [3.8, 4) is 0 Å². The van der Waals surface area contributed by atoms with Crippen LogP contribution in [0.2, 0.25) is 0 Å². The molecule has 0 radical (unpaired) electrons. The van der Waals surface area contributed by atoms with Gasteiger partial charge in [0, 0.05) is 32.3 Å². The lowest BCUT2D eigenvalue weighted by Crippen LogP contribution is -2.37. The van der Waals surface area contributed by atoms with Gasteiger partial charge in [-0.05, 0) is 49.8 Å². The number of carbonyl (C=O) groups excluding carboxylic acids is 1. The average molecular weight is 348 g/mol. The van der Waals surface area contributed by atoms with E-state index >= 15 is 0 Å². The molecule has 1 saturated heterocycles. The van der Waals surface area contributed by atoms with E-state index in [9.17, 15) is 4.79 Å². The fourth-order valence-corrected chi connectivity index (χ4v) is 3.22. The monoisotopic (exact) mass is 347 g/mol. The smallest absolute Gasteiger partial charge is 0.315 e. The number of piperidine rings is 1. The summed E-state index contributed by atoms with van der Waals surface area (Å²) in [6, 6.07) is 9.04. The molecule has 0 spiro atoms. The van der Waals surface area contributed by atoms with Gasteiger partial charge in [-0.1, -0.05) is 37.6 Å². The number of hydrogen-bond donors (Lipinski definition) is 3. The number of hydrogen-bond acceptors (Lipinski definition) is 3. The molecule has 25 heavy (non-hydrogen) atoms. The lowest BCUT2D eigenvalue weighted by atomic mass is 10.0. The normalized spacial score (nSPS) is 19.4. The van der Waals surface area contributed by atoms with Gasteiger partial charge in [0.05, 0.1) is 0 Å². The van der Waals surface area contributed by atoms with Crippen LogP contribution in [0.1, 0.15) is 50.7 Å². The van der Waals surface area contributed by atoms with E-state index in [0.717, 1.165) is 12.1 Å². The number of benzene rings is 1. The van der Waals surface area contributed by atoms with Gasteiger partial charge < -0.3 is 15.7 Å². The Labute approximate surface area is 151 Å². The van der Waals surface area contributed by atoms with Gasteiger partial charge in [-0.3, -0.25) is 4.90 Å². The van der Waals surface area contributed by atoms with Crippen LogP contribution >= 0.6 is 0 Å². The molecule has 5 heteroatoms. The molecule has 1 aliphatic heterocycles. The molecule has 140 valence electrons. The molecular formula is C20H33N3O2. The van der Waals surface area contributed by atoms with Gasteiger partial charge >= 0.3 is 6.03 Å². The Hall–Kier alpha value is -1.59. The van der Waals surface area contributed by atoms with E-state index in [1.54, 1.807) is 0 Å². The third-order valence-corrected chi connectivity index (χ3v) is 5.04. The number of nitrogens with one attached hydrogen (secondary N) is 2. The Morgan fingerprint density at radius 1 is 1.24 bits per heavy atom. The van der Waals surface area contributed by atoms with Crippen molar-refractivity contribution in [1.82, 2.24) is 15.5 Å². The molecule has 5 nitrogen and oxygen atoms in total. The van der Waals surface area contributed by atoms with Gasteiger partial charge in [-0.2, -0.15) is 0 Å². The van der Waals surface area contributed by atoms with Crippen molar-refractivity contribution < 1.29 is 9.90 Å². The summed E-state index contributed by atoms with van der Waals surface area (Å²) >= 11 is 0. The van der Waals surface area contributed by atoms with E-state index in [4.69, 9.17) is 5.11 Å². The van der Waals surface area contributed by atoms with Crippen molar-refractivity contribution in [1.29, 1.82) is 0 Å². The summed E-state index contributed by atoms with van der Waals surface area (Å²) in [4.78, 5) is 14.4. The summed E-state index contributed by atoms with van der Waals surface area (Å²) in [6.45, 7) is 7.81. The van der Waals surface area contributed by atoms with Crippen molar-refractivity contribution in [3.05, 3.63) is 35.4 Å². The zero-order valence-electron chi connectivity index (χ0n) is 15.6. The van der Waals surface area contributed by atoms with Crippen molar-refractivity contribution in [2.75, 3.05) is 19.7 Å². The summed E-state index contributed by atoms with van der Waals surface area (Å²) in [6.07, 6.45) is 4.66. The predicted octanol–water partition coefficient (Wildman–Crippen LogP) is 2.88. The summed E-state index contributed by atoms with van der Waals surface area (Å²) in [5.74, 6) is 0.284. The van der Waals surface area contributed by atoms with E-state index in [2.05, 4.69) is 46.7 Å². The molecule has 1 aliphatic rings. The molecule has 0 saturated carbocycles. The first-order valence-corrected chi connectivity index (χ1v) is 9.53. The Kier molecular flexibility index (Phi) is 8.22. The van der Waals surface area contributed by atoms with E-state index in [1.807, 2.05) is 6.92 Å². The molecule has 2 rings (SSSR count). The Morgan fingerprint density at radius 2 is 1.96 bits per heavy atom. The number of nitrogens with zero attached hydrogens (tertiary/aromatic N) is 1. The second kappa shape index (κ2) is 10.4. The molecule has 2 unspecified atom stereocenters. The Morgan fingerprint density at radius 3 is 2.64 bits per heavy atom. The fourth-order valence-electron chi connectivity index (χ4n) is 3.22. The molecule has 2 atom stereocenters. The largest absolute Gasteiger partial charge is 0.396 e. The van der Waals surface area contributed by atoms with Gasteiger partial charge in [0.1, 0.15) is 0 Å².